The van der Waals surface area contributed by atoms with Crippen molar-refractivity contribution in [3.8, 4) is 0 Å². The molecule has 0 unspecified atom stereocenters. The topological polar surface area (TPSA) is 60.2 Å². The second-order valence-electron chi connectivity index (χ2n) is 3.08. The maximum Gasteiger partial charge on any atom is 0.224 e. The zero-order chi connectivity index (χ0) is 10.1. The van der Waals surface area contributed by atoms with Crippen molar-refractivity contribution in [3.63, 3.8) is 0 Å². The van der Waals surface area contributed by atoms with Crippen molar-refractivity contribution >= 4 is 15.2 Å². The van der Waals surface area contributed by atoms with Gasteiger partial charge in [-0.1, -0.05) is 30.3 Å². The second-order valence-corrected chi connectivity index (χ2v) is 3.96. The molecule has 3 nitrogen and oxygen atoms in total. The fourth-order valence-electron chi connectivity index (χ4n) is 1.57. The third-order valence-electron chi connectivity index (χ3n) is 2.23. The lowest BCUT2D eigenvalue weighted by molar-refractivity contribution is 0.627. The first-order valence-electron chi connectivity index (χ1n) is 4.20. The highest BCUT2D eigenvalue weighted by molar-refractivity contribution is 7.74. The zero-order valence-electron chi connectivity index (χ0n) is 7.40. The van der Waals surface area contributed by atoms with E-state index in [9.17, 15) is 8.42 Å². The van der Waals surface area contributed by atoms with Gasteiger partial charge in [-0.2, -0.15) is 8.42 Å². The smallest absolute Gasteiger partial charge is 0.224 e. The van der Waals surface area contributed by atoms with Crippen molar-refractivity contribution in [2.75, 3.05) is 0 Å². The molecule has 0 fully saturated rings. The van der Waals surface area contributed by atoms with E-state index in [2.05, 4.69) is 0 Å². The van der Waals surface area contributed by atoms with Crippen LogP contribution >= 0.6 is 0 Å². The number of hydrogen-bond acceptors (Lipinski definition) is 3. The van der Waals surface area contributed by atoms with Gasteiger partial charge in [-0.3, -0.25) is 0 Å². The highest BCUT2D eigenvalue weighted by Gasteiger charge is 2.16. The van der Waals surface area contributed by atoms with E-state index in [1.165, 1.54) is 0 Å². The highest BCUT2D eigenvalue weighted by atomic mass is 32.2. The Bertz CT molecular complexity index is 533. The lowest BCUT2D eigenvalue weighted by atomic mass is 9.95. The summed E-state index contributed by atoms with van der Waals surface area (Å²) in [6, 6.07) is 7.38. The summed E-state index contributed by atoms with van der Waals surface area (Å²) < 4.78 is 21.9. The van der Waals surface area contributed by atoms with Crippen LogP contribution < -0.4 is 5.73 Å². The molecule has 0 atom stereocenters. The molecule has 0 radical (unpaired) electrons. The molecular weight excluding hydrogens is 198 g/mol. The van der Waals surface area contributed by atoms with E-state index in [0.717, 1.165) is 11.1 Å². The van der Waals surface area contributed by atoms with Gasteiger partial charge in [-0.05, 0) is 12.0 Å². The Hall–Kier alpha value is -1.55. The predicted octanol–water partition coefficient (Wildman–Crippen LogP) is 0.485. The second kappa shape index (κ2) is 3.31. The quantitative estimate of drug-likeness (QED) is 0.630. The summed E-state index contributed by atoms with van der Waals surface area (Å²) in [6.45, 7) is 0. The Morgan fingerprint density at radius 3 is 2.64 bits per heavy atom. The summed E-state index contributed by atoms with van der Waals surface area (Å²) in [5.74, 6) is 0. The molecule has 0 bridgehead atoms. The first-order valence-corrected chi connectivity index (χ1v) is 5.28. The van der Waals surface area contributed by atoms with E-state index in [1.807, 2.05) is 18.2 Å². The lowest BCUT2D eigenvalue weighted by Gasteiger charge is -2.13. The minimum atomic E-state index is -2.27. The van der Waals surface area contributed by atoms with Crippen LogP contribution in [0, 0.1) is 0 Å². The molecule has 14 heavy (non-hydrogen) atoms. The maximum atomic E-state index is 11.0. The Kier molecular flexibility index (Phi) is 2.13. The highest BCUT2D eigenvalue weighted by Crippen LogP contribution is 2.18. The zero-order valence-corrected chi connectivity index (χ0v) is 8.21. The molecule has 2 rings (SSSR count). The molecule has 0 saturated heterocycles. The van der Waals surface area contributed by atoms with Crippen LogP contribution in [0.5, 0.6) is 0 Å². The summed E-state index contributed by atoms with van der Waals surface area (Å²) in [5, 5.41) is 0. The largest absolute Gasteiger partial charge is 0.398 e. The van der Waals surface area contributed by atoms with Crippen LogP contribution in [0.4, 0.5) is 0 Å². The Balaban J connectivity index is 2.78. The van der Waals surface area contributed by atoms with Crippen molar-refractivity contribution in [3.05, 3.63) is 47.2 Å². The third-order valence-corrected chi connectivity index (χ3v) is 3.02. The normalized spacial score (nSPS) is 14.6. The standard InChI is InChI=1S/C10H9NO2S/c11-9-6-5-7-3-1-2-4-8(7)10(9)14(12)13/h1-4,6H,5,11H2. The third kappa shape index (κ3) is 1.33. The Morgan fingerprint density at radius 1 is 1.21 bits per heavy atom. The average Bonchev–Trinajstić information content (AvgIpc) is 2.17. The molecule has 0 aromatic heterocycles. The van der Waals surface area contributed by atoms with Gasteiger partial charge in [0, 0.05) is 5.56 Å². The first-order chi connectivity index (χ1) is 6.70. The molecule has 1 aromatic rings. The van der Waals surface area contributed by atoms with Crippen molar-refractivity contribution in [1.82, 2.24) is 0 Å². The van der Waals surface area contributed by atoms with Gasteiger partial charge in [-0.15, -0.1) is 0 Å². The van der Waals surface area contributed by atoms with Gasteiger partial charge in [0.25, 0.3) is 0 Å². The molecular formula is C10H9NO2S. The van der Waals surface area contributed by atoms with Crippen LogP contribution in [0.2, 0.25) is 0 Å². The predicted molar refractivity (Wildman–Crippen MR) is 55.4 cm³/mol. The van der Waals surface area contributed by atoms with Crippen molar-refractivity contribution in [2.45, 2.75) is 6.42 Å². The van der Waals surface area contributed by atoms with E-state index in [0.29, 0.717) is 12.1 Å². The number of benzene rings is 1. The van der Waals surface area contributed by atoms with Gasteiger partial charge < -0.3 is 5.73 Å². The van der Waals surface area contributed by atoms with Crippen molar-refractivity contribution in [2.24, 2.45) is 5.73 Å². The van der Waals surface area contributed by atoms with Crippen molar-refractivity contribution < 1.29 is 8.42 Å². The summed E-state index contributed by atoms with van der Waals surface area (Å²) in [4.78, 5) is 0.215. The average molecular weight is 207 g/mol. The summed E-state index contributed by atoms with van der Waals surface area (Å²) in [5.41, 5.74) is 7.69. The maximum absolute atomic E-state index is 11.0. The first kappa shape index (κ1) is 9.02. The van der Waals surface area contributed by atoms with E-state index in [4.69, 9.17) is 5.73 Å². The molecule has 1 aromatic carbocycles. The van der Waals surface area contributed by atoms with Crippen LogP contribution in [-0.2, 0) is 16.7 Å². The van der Waals surface area contributed by atoms with E-state index in [-0.39, 0.29) is 4.86 Å². The SMILES string of the molecule is NC1=CCc2ccccc2C1=S(=O)=O. The molecule has 1 aliphatic carbocycles. The van der Waals surface area contributed by atoms with Crippen LogP contribution in [0.3, 0.4) is 0 Å². The van der Waals surface area contributed by atoms with Gasteiger partial charge in [-0.25, -0.2) is 0 Å². The van der Waals surface area contributed by atoms with E-state index < -0.39 is 10.3 Å². The van der Waals surface area contributed by atoms with Crippen LogP contribution in [0.15, 0.2) is 36.0 Å². The van der Waals surface area contributed by atoms with Crippen LogP contribution in [-0.4, -0.2) is 13.3 Å². The Labute approximate surface area is 83.4 Å². The molecule has 4 heteroatoms. The van der Waals surface area contributed by atoms with Gasteiger partial charge >= 0.3 is 0 Å². The number of fused-ring (bicyclic) bond motifs is 1. The molecule has 0 spiro atoms. The molecule has 0 heterocycles. The minimum Gasteiger partial charge on any atom is -0.398 e. The van der Waals surface area contributed by atoms with Crippen LogP contribution in [0.1, 0.15) is 11.1 Å². The molecule has 0 saturated carbocycles. The summed E-state index contributed by atoms with van der Waals surface area (Å²) in [6.07, 6.45) is 2.43. The number of rotatable bonds is 0. The van der Waals surface area contributed by atoms with Gasteiger partial charge in [0.15, 0.2) is 0 Å². The fraction of sp³-hybridized carbons (Fsp3) is 0.100. The van der Waals surface area contributed by atoms with Crippen LogP contribution in [0.25, 0.3) is 0 Å². The molecule has 1 aliphatic rings. The van der Waals surface area contributed by atoms with Gasteiger partial charge in [0.1, 0.15) is 4.86 Å². The monoisotopic (exact) mass is 207 g/mol. The lowest BCUT2D eigenvalue weighted by Crippen LogP contribution is -2.19. The van der Waals surface area contributed by atoms with E-state index in [1.54, 1.807) is 12.1 Å². The molecule has 2 N–H and O–H groups in total. The molecule has 0 amide bonds. The summed E-state index contributed by atoms with van der Waals surface area (Å²) in [7, 11) is -2.27. The number of allylic oxidation sites excluding steroid dienone is 2. The molecule has 0 aliphatic heterocycles. The minimum absolute atomic E-state index is 0.215. The van der Waals surface area contributed by atoms with Crippen molar-refractivity contribution in [1.29, 1.82) is 0 Å². The van der Waals surface area contributed by atoms with Gasteiger partial charge in [0.05, 0.1) is 5.70 Å². The Morgan fingerprint density at radius 2 is 1.93 bits per heavy atom. The number of nitrogens with two attached hydrogens (primary N) is 1. The summed E-state index contributed by atoms with van der Waals surface area (Å²) >= 11 is 0. The molecule has 72 valence electrons. The van der Waals surface area contributed by atoms with Gasteiger partial charge in [0.2, 0.25) is 10.3 Å². The number of hydrogen-bond donors (Lipinski definition) is 1. The van der Waals surface area contributed by atoms with E-state index >= 15 is 0 Å². The fourth-order valence-corrected chi connectivity index (χ4v) is 2.23.